The second-order valence-electron chi connectivity index (χ2n) is 7.80. The van der Waals surface area contributed by atoms with E-state index in [0.29, 0.717) is 25.9 Å². The van der Waals surface area contributed by atoms with Crippen LogP contribution in [0.4, 0.5) is 5.69 Å². The standard InChI is InChI=1S/C20H27N5O2.HI/c1-21-19(24-9-4-7-20(14-24)12-17(26)23-13-20)22-8-10-25-16-6-3-2-5-15(16)11-18(25)27;/h2-3,5-6H,4,7-14H2,1H3,(H,21,22)(H,23,26);1H. The number of guanidine groups is 1. The van der Waals surface area contributed by atoms with E-state index in [1.807, 2.05) is 29.2 Å². The van der Waals surface area contributed by atoms with Gasteiger partial charge in [-0.05, 0) is 24.5 Å². The summed E-state index contributed by atoms with van der Waals surface area (Å²) in [7, 11) is 1.79. The predicted molar refractivity (Wildman–Crippen MR) is 120 cm³/mol. The van der Waals surface area contributed by atoms with E-state index in [0.717, 1.165) is 49.7 Å². The predicted octanol–water partition coefficient (Wildman–Crippen LogP) is 1.37. The van der Waals surface area contributed by atoms with Crippen LogP contribution in [0.25, 0.3) is 0 Å². The van der Waals surface area contributed by atoms with Gasteiger partial charge in [0.05, 0.1) is 6.42 Å². The molecule has 7 nitrogen and oxygen atoms in total. The molecular formula is C20H28IN5O2. The maximum absolute atomic E-state index is 12.3. The molecule has 2 amide bonds. The summed E-state index contributed by atoms with van der Waals surface area (Å²) in [5.74, 6) is 1.17. The van der Waals surface area contributed by atoms with Crippen LogP contribution < -0.4 is 15.5 Å². The van der Waals surface area contributed by atoms with E-state index >= 15 is 0 Å². The van der Waals surface area contributed by atoms with Crippen LogP contribution >= 0.6 is 24.0 Å². The van der Waals surface area contributed by atoms with Gasteiger partial charge >= 0.3 is 0 Å². The number of hydrogen-bond acceptors (Lipinski definition) is 3. The number of nitrogens with zero attached hydrogens (tertiary/aromatic N) is 3. The monoisotopic (exact) mass is 497 g/mol. The van der Waals surface area contributed by atoms with Crippen molar-refractivity contribution in [3.8, 4) is 0 Å². The minimum atomic E-state index is 0. The number of amides is 2. The van der Waals surface area contributed by atoms with Crippen LogP contribution in [0.2, 0.25) is 0 Å². The van der Waals surface area contributed by atoms with Crippen molar-refractivity contribution in [1.82, 2.24) is 15.5 Å². The highest BCUT2D eigenvalue weighted by Gasteiger charge is 2.42. The van der Waals surface area contributed by atoms with E-state index < -0.39 is 0 Å². The van der Waals surface area contributed by atoms with Crippen LogP contribution in [0.1, 0.15) is 24.8 Å². The van der Waals surface area contributed by atoms with Crippen molar-refractivity contribution in [2.75, 3.05) is 44.7 Å². The second-order valence-corrected chi connectivity index (χ2v) is 7.80. The molecule has 3 aliphatic rings. The molecule has 0 saturated carbocycles. The molecule has 2 N–H and O–H groups in total. The van der Waals surface area contributed by atoms with Crippen LogP contribution in [0.5, 0.6) is 0 Å². The van der Waals surface area contributed by atoms with Crippen LogP contribution in [-0.2, 0) is 16.0 Å². The van der Waals surface area contributed by atoms with E-state index in [2.05, 4.69) is 20.5 Å². The van der Waals surface area contributed by atoms with Gasteiger partial charge in [-0.3, -0.25) is 14.6 Å². The summed E-state index contributed by atoms with van der Waals surface area (Å²) >= 11 is 0. The molecule has 0 aliphatic carbocycles. The third-order valence-corrected chi connectivity index (χ3v) is 5.91. The van der Waals surface area contributed by atoms with Crippen LogP contribution in [0.3, 0.4) is 0 Å². The molecule has 152 valence electrons. The zero-order valence-electron chi connectivity index (χ0n) is 16.2. The summed E-state index contributed by atoms with van der Waals surface area (Å²) in [4.78, 5) is 32.5. The molecule has 0 radical (unpaired) electrons. The average Bonchev–Trinajstić information content (AvgIpc) is 3.18. The topological polar surface area (TPSA) is 77.0 Å². The molecule has 0 bridgehead atoms. The minimum Gasteiger partial charge on any atom is -0.355 e. The van der Waals surface area contributed by atoms with Gasteiger partial charge in [-0.25, -0.2) is 0 Å². The zero-order valence-corrected chi connectivity index (χ0v) is 18.6. The molecule has 4 rings (SSSR count). The van der Waals surface area contributed by atoms with Crippen molar-refractivity contribution in [3.63, 3.8) is 0 Å². The smallest absolute Gasteiger partial charge is 0.231 e. The third-order valence-electron chi connectivity index (χ3n) is 5.91. The number of aliphatic imine (C=N–C) groups is 1. The van der Waals surface area contributed by atoms with Crippen molar-refractivity contribution in [3.05, 3.63) is 29.8 Å². The number of halogens is 1. The fourth-order valence-corrected chi connectivity index (χ4v) is 4.60. The Bertz CT molecular complexity index is 784. The largest absolute Gasteiger partial charge is 0.355 e. The summed E-state index contributed by atoms with van der Waals surface area (Å²) in [6, 6.07) is 7.97. The molecule has 1 aromatic rings. The normalized spacial score (nSPS) is 24.2. The maximum Gasteiger partial charge on any atom is 0.231 e. The Morgan fingerprint density at radius 3 is 2.89 bits per heavy atom. The van der Waals surface area contributed by atoms with E-state index in [9.17, 15) is 9.59 Å². The first-order valence-electron chi connectivity index (χ1n) is 9.71. The van der Waals surface area contributed by atoms with E-state index in [1.54, 1.807) is 7.05 Å². The summed E-state index contributed by atoms with van der Waals surface area (Å²) in [6.45, 7) is 3.82. The Labute approximate surface area is 183 Å². The van der Waals surface area contributed by atoms with Crippen molar-refractivity contribution >= 4 is 47.4 Å². The number of carbonyl (C=O) groups is 2. The van der Waals surface area contributed by atoms with Gasteiger partial charge < -0.3 is 20.4 Å². The van der Waals surface area contributed by atoms with Gasteiger partial charge in [0.15, 0.2) is 5.96 Å². The molecule has 3 heterocycles. The highest BCUT2D eigenvalue weighted by atomic mass is 127. The van der Waals surface area contributed by atoms with E-state index in [1.165, 1.54) is 0 Å². The van der Waals surface area contributed by atoms with Crippen molar-refractivity contribution in [1.29, 1.82) is 0 Å². The maximum atomic E-state index is 12.3. The molecule has 2 saturated heterocycles. The quantitative estimate of drug-likeness (QED) is 0.376. The molecule has 28 heavy (non-hydrogen) atoms. The average molecular weight is 497 g/mol. The number of para-hydroxylation sites is 1. The van der Waals surface area contributed by atoms with E-state index in [4.69, 9.17) is 0 Å². The summed E-state index contributed by atoms with van der Waals surface area (Å²) < 4.78 is 0. The highest BCUT2D eigenvalue weighted by Crippen LogP contribution is 2.36. The number of piperidine rings is 1. The summed E-state index contributed by atoms with van der Waals surface area (Å²) in [5.41, 5.74) is 2.16. The lowest BCUT2D eigenvalue weighted by atomic mass is 9.79. The van der Waals surface area contributed by atoms with Gasteiger partial charge in [-0.15, -0.1) is 24.0 Å². The molecule has 1 aromatic carbocycles. The van der Waals surface area contributed by atoms with Crippen molar-refractivity contribution < 1.29 is 9.59 Å². The number of benzene rings is 1. The second kappa shape index (κ2) is 8.67. The molecule has 1 atom stereocenters. The SMILES string of the molecule is CN=C(NCCN1C(=O)Cc2ccccc21)N1CCCC2(CNC(=O)C2)C1.I. The number of likely N-dealkylation sites (tertiary alicyclic amines) is 1. The first kappa shape index (κ1) is 20.9. The lowest BCUT2D eigenvalue weighted by Gasteiger charge is -2.40. The number of anilines is 1. The molecule has 3 aliphatic heterocycles. The fraction of sp³-hybridized carbons (Fsp3) is 0.550. The highest BCUT2D eigenvalue weighted by molar-refractivity contribution is 14.0. The van der Waals surface area contributed by atoms with Crippen molar-refractivity contribution in [2.24, 2.45) is 10.4 Å². The van der Waals surface area contributed by atoms with Crippen LogP contribution in [0.15, 0.2) is 29.3 Å². The Morgan fingerprint density at radius 1 is 1.32 bits per heavy atom. The van der Waals surface area contributed by atoms with Crippen molar-refractivity contribution in [2.45, 2.75) is 25.7 Å². The number of nitrogens with one attached hydrogen (secondary N) is 2. The lowest BCUT2D eigenvalue weighted by molar-refractivity contribution is -0.120. The summed E-state index contributed by atoms with van der Waals surface area (Å²) in [6.07, 6.45) is 3.24. The Balaban J connectivity index is 0.00000225. The molecule has 1 unspecified atom stereocenters. The first-order chi connectivity index (χ1) is 13.1. The molecule has 1 spiro atoms. The minimum absolute atomic E-state index is 0. The van der Waals surface area contributed by atoms with Gasteiger partial charge in [0.2, 0.25) is 11.8 Å². The van der Waals surface area contributed by atoms with Gasteiger partial charge in [-0.1, -0.05) is 18.2 Å². The Morgan fingerprint density at radius 2 is 2.14 bits per heavy atom. The number of carbonyl (C=O) groups excluding carboxylic acids is 2. The Hall–Kier alpha value is -1.84. The molecular weight excluding hydrogens is 469 g/mol. The number of hydrogen-bond donors (Lipinski definition) is 2. The van der Waals surface area contributed by atoms with Gasteiger partial charge in [0.25, 0.3) is 0 Å². The van der Waals surface area contributed by atoms with Crippen LogP contribution in [0, 0.1) is 5.41 Å². The number of rotatable bonds is 3. The van der Waals surface area contributed by atoms with Gasteiger partial charge in [0, 0.05) is 57.3 Å². The van der Waals surface area contributed by atoms with Gasteiger partial charge in [0.1, 0.15) is 0 Å². The summed E-state index contributed by atoms with van der Waals surface area (Å²) in [5, 5.41) is 6.39. The van der Waals surface area contributed by atoms with Gasteiger partial charge in [-0.2, -0.15) is 0 Å². The zero-order chi connectivity index (χ0) is 18.9. The first-order valence-corrected chi connectivity index (χ1v) is 9.71. The van der Waals surface area contributed by atoms with Crippen LogP contribution in [-0.4, -0.2) is 62.4 Å². The Kier molecular flexibility index (Phi) is 6.47. The molecule has 8 heteroatoms. The molecule has 0 aromatic heterocycles. The number of fused-ring (bicyclic) bond motifs is 1. The fourth-order valence-electron chi connectivity index (χ4n) is 4.60. The third kappa shape index (κ3) is 4.11. The van der Waals surface area contributed by atoms with E-state index in [-0.39, 0.29) is 41.2 Å². The lowest BCUT2D eigenvalue weighted by Crippen LogP contribution is -2.52. The molecule has 2 fully saturated rings.